The molecule has 0 aliphatic carbocycles. The minimum absolute atomic E-state index is 0.565. The maximum atomic E-state index is 6.64. The third-order valence-corrected chi connectivity index (χ3v) is 11.7. The SMILES string of the molecule is c1ccc(-c2cccc(-c3nc(-c4cccc(-c5ccccc5)c4)nc(-c4cccc5oc6ccc(-c7cccc8oc9c(-c%10ccccc%10)cccc9c78)cc6c45)n3)c2)cc1. The zero-order valence-corrected chi connectivity index (χ0v) is 33.4. The van der Waals surface area contributed by atoms with Crippen molar-refractivity contribution in [3.63, 3.8) is 0 Å². The highest BCUT2D eigenvalue weighted by Gasteiger charge is 2.21. The molecule has 5 nitrogen and oxygen atoms in total. The highest BCUT2D eigenvalue weighted by Crippen LogP contribution is 2.43. The second-order valence-electron chi connectivity index (χ2n) is 15.5. The summed E-state index contributed by atoms with van der Waals surface area (Å²) in [6.45, 7) is 0. The van der Waals surface area contributed by atoms with Gasteiger partial charge in [-0.1, -0.05) is 176 Å². The number of benzene rings is 9. The molecule has 0 atom stereocenters. The molecular weight excluding hydrogens is 759 g/mol. The molecule has 0 saturated heterocycles. The lowest BCUT2D eigenvalue weighted by Crippen LogP contribution is -2.00. The van der Waals surface area contributed by atoms with E-state index in [1.54, 1.807) is 0 Å². The number of hydrogen-bond donors (Lipinski definition) is 0. The monoisotopic (exact) mass is 793 g/mol. The lowest BCUT2D eigenvalue weighted by molar-refractivity contribution is 0.669. The van der Waals surface area contributed by atoms with Crippen LogP contribution in [0.5, 0.6) is 0 Å². The number of aromatic nitrogens is 3. The van der Waals surface area contributed by atoms with E-state index in [4.69, 9.17) is 23.8 Å². The molecule has 290 valence electrons. The number of para-hydroxylation sites is 1. The number of fused-ring (bicyclic) bond motifs is 6. The van der Waals surface area contributed by atoms with Crippen molar-refractivity contribution in [2.24, 2.45) is 0 Å². The van der Waals surface area contributed by atoms with E-state index in [9.17, 15) is 0 Å². The molecule has 0 aliphatic heterocycles. The van der Waals surface area contributed by atoms with E-state index in [0.717, 1.165) is 105 Å². The summed E-state index contributed by atoms with van der Waals surface area (Å²) in [5.41, 5.74) is 14.7. The lowest BCUT2D eigenvalue weighted by Gasteiger charge is -2.11. The summed E-state index contributed by atoms with van der Waals surface area (Å²) in [5, 5.41) is 4.07. The minimum Gasteiger partial charge on any atom is -0.456 e. The van der Waals surface area contributed by atoms with Crippen LogP contribution in [0.4, 0.5) is 0 Å². The Morgan fingerprint density at radius 3 is 1.39 bits per heavy atom. The molecule has 12 rings (SSSR count). The first-order chi connectivity index (χ1) is 30.7. The van der Waals surface area contributed by atoms with Gasteiger partial charge in [0.05, 0.1) is 0 Å². The van der Waals surface area contributed by atoms with Crippen LogP contribution in [0.15, 0.2) is 221 Å². The molecule has 0 fully saturated rings. The molecule has 0 aliphatic rings. The van der Waals surface area contributed by atoms with Crippen molar-refractivity contribution in [2.75, 3.05) is 0 Å². The van der Waals surface area contributed by atoms with Crippen molar-refractivity contribution in [1.29, 1.82) is 0 Å². The van der Waals surface area contributed by atoms with Gasteiger partial charge < -0.3 is 8.83 Å². The summed E-state index contributed by atoms with van der Waals surface area (Å²) < 4.78 is 13.2. The first-order valence-corrected chi connectivity index (χ1v) is 20.8. The van der Waals surface area contributed by atoms with Gasteiger partial charge in [-0.3, -0.25) is 0 Å². The second-order valence-corrected chi connectivity index (χ2v) is 15.5. The van der Waals surface area contributed by atoms with Gasteiger partial charge >= 0.3 is 0 Å². The van der Waals surface area contributed by atoms with Gasteiger partial charge in [-0.2, -0.15) is 0 Å². The fourth-order valence-electron chi connectivity index (χ4n) is 8.81. The van der Waals surface area contributed by atoms with Crippen LogP contribution in [-0.2, 0) is 0 Å². The Bertz CT molecular complexity index is 3530. The molecular formula is C57H35N3O2. The fourth-order valence-corrected chi connectivity index (χ4v) is 8.81. The maximum Gasteiger partial charge on any atom is 0.164 e. The Balaban J connectivity index is 1.05. The number of hydrogen-bond acceptors (Lipinski definition) is 5. The van der Waals surface area contributed by atoms with Gasteiger partial charge in [-0.25, -0.2) is 15.0 Å². The molecule has 0 N–H and O–H groups in total. The van der Waals surface area contributed by atoms with Gasteiger partial charge in [0.25, 0.3) is 0 Å². The summed E-state index contributed by atoms with van der Waals surface area (Å²) in [5.74, 6) is 1.74. The normalized spacial score (nSPS) is 11.5. The van der Waals surface area contributed by atoms with Gasteiger partial charge in [-0.05, 0) is 75.3 Å². The zero-order chi connectivity index (χ0) is 41.0. The van der Waals surface area contributed by atoms with Gasteiger partial charge in [0.2, 0.25) is 0 Å². The van der Waals surface area contributed by atoms with Crippen molar-refractivity contribution >= 4 is 43.9 Å². The van der Waals surface area contributed by atoms with Gasteiger partial charge in [0, 0.05) is 43.8 Å². The largest absolute Gasteiger partial charge is 0.456 e. The van der Waals surface area contributed by atoms with E-state index in [1.165, 1.54) is 0 Å². The van der Waals surface area contributed by atoms with Crippen molar-refractivity contribution in [3.8, 4) is 78.7 Å². The first-order valence-electron chi connectivity index (χ1n) is 20.8. The van der Waals surface area contributed by atoms with E-state index in [1.807, 2.05) is 30.3 Å². The second kappa shape index (κ2) is 14.7. The Labute approximate surface area is 357 Å². The van der Waals surface area contributed by atoms with Gasteiger partial charge in [0.1, 0.15) is 22.3 Å². The van der Waals surface area contributed by atoms with Gasteiger partial charge in [0.15, 0.2) is 17.5 Å². The van der Waals surface area contributed by atoms with E-state index < -0.39 is 0 Å². The quantitative estimate of drug-likeness (QED) is 0.161. The molecule has 3 aromatic heterocycles. The van der Waals surface area contributed by atoms with Crippen LogP contribution in [0, 0.1) is 0 Å². The molecule has 9 aromatic carbocycles. The fraction of sp³-hybridized carbons (Fsp3) is 0. The van der Waals surface area contributed by atoms with Crippen LogP contribution in [0.25, 0.3) is 123 Å². The number of nitrogens with zero attached hydrogens (tertiary/aromatic N) is 3. The third kappa shape index (κ3) is 6.14. The molecule has 0 amide bonds. The number of furan rings is 2. The Kier molecular flexibility index (Phi) is 8.42. The smallest absolute Gasteiger partial charge is 0.164 e. The maximum absolute atomic E-state index is 6.64. The Morgan fingerprint density at radius 1 is 0.258 bits per heavy atom. The molecule has 12 aromatic rings. The minimum atomic E-state index is 0.565. The van der Waals surface area contributed by atoms with Crippen molar-refractivity contribution in [2.45, 2.75) is 0 Å². The number of rotatable bonds is 7. The predicted octanol–water partition coefficient (Wildman–Crippen LogP) is 15.3. The van der Waals surface area contributed by atoms with Gasteiger partial charge in [-0.15, -0.1) is 0 Å². The summed E-state index contributed by atoms with van der Waals surface area (Å²) >= 11 is 0. The Morgan fingerprint density at radius 2 is 0.742 bits per heavy atom. The van der Waals surface area contributed by atoms with E-state index in [2.05, 4.69) is 182 Å². The molecule has 3 heterocycles. The van der Waals surface area contributed by atoms with Crippen LogP contribution in [0.1, 0.15) is 0 Å². The standard InChI is InChI=1S/C57H35N3O2/c1-4-15-36(16-5-1)39-21-10-23-42(33-39)55-58-56(43-24-11-22-40(34-43)37-17-6-2-7-18-37)60-57(59-55)47-28-14-29-50-53(47)48-35-41(31-32-49(48)61-50)44-25-13-30-51-52(44)46-27-12-26-45(54(46)62-51)38-19-8-3-9-20-38/h1-35H. The van der Waals surface area contributed by atoms with Crippen molar-refractivity contribution in [1.82, 2.24) is 15.0 Å². The zero-order valence-electron chi connectivity index (χ0n) is 33.4. The topological polar surface area (TPSA) is 65.0 Å². The molecule has 0 radical (unpaired) electrons. The predicted molar refractivity (Wildman–Crippen MR) is 252 cm³/mol. The summed E-state index contributed by atoms with van der Waals surface area (Å²) in [6, 6.07) is 73.3. The van der Waals surface area contributed by atoms with E-state index in [0.29, 0.717) is 17.5 Å². The molecule has 0 spiro atoms. The lowest BCUT2D eigenvalue weighted by atomic mass is 9.96. The Hall–Kier alpha value is -8.41. The van der Waals surface area contributed by atoms with Crippen LogP contribution in [0.2, 0.25) is 0 Å². The highest BCUT2D eigenvalue weighted by molar-refractivity contribution is 6.17. The molecule has 5 heteroatoms. The average molecular weight is 794 g/mol. The molecule has 0 saturated carbocycles. The van der Waals surface area contributed by atoms with Crippen LogP contribution in [-0.4, -0.2) is 15.0 Å². The molecule has 0 unspecified atom stereocenters. The third-order valence-electron chi connectivity index (χ3n) is 11.7. The van der Waals surface area contributed by atoms with E-state index in [-0.39, 0.29) is 0 Å². The van der Waals surface area contributed by atoms with Crippen molar-refractivity contribution < 1.29 is 8.83 Å². The summed E-state index contributed by atoms with van der Waals surface area (Å²) in [7, 11) is 0. The van der Waals surface area contributed by atoms with Crippen LogP contribution < -0.4 is 0 Å². The molecule has 0 bridgehead atoms. The van der Waals surface area contributed by atoms with Crippen LogP contribution >= 0.6 is 0 Å². The average Bonchev–Trinajstić information content (AvgIpc) is 3.93. The summed E-state index contributed by atoms with van der Waals surface area (Å²) in [6.07, 6.45) is 0. The van der Waals surface area contributed by atoms with Crippen LogP contribution in [0.3, 0.4) is 0 Å². The first kappa shape index (κ1) is 35.5. The van der Waals surface area contributed by atoms with Crippen molar-refractivity contribution in [3.05, 3.63) is 212 Å². The summed E-state index contributed by atoms with van der Waals surface area (Å²) in [4.78, 5) is 15.7. The molecule has 62 heavy (non-hydrogen) atoms. The van der Waals surface area contributed by atoms with E-state index >= 15 is 0 Å². The highest BCUT2D eigenvalue weighted by atomic mass is 16.3.